The molecule has 0 spiro atoms. The number of aromatic nitrogens is 1. The van der Waals surface area contributed by atoms with Gasteiger partial charge in [0.05, 0.1) is 0 Å². The van der Waals surface area contributed by atoms with Gasteiger partial charge in [-0.25, -0.2) is 0 Å². The highest BCUT2D eigenvalue weighted by atomic mass is 35.5. The first-order valence-electron chi connectivity index (χ1n) is 7.83. The molecule has 4 heteroatoms. The SMILES string of the molecule is CC(C)n1cc(C(=O)/C=C/N2CCCC2)c2cc(Cl)ccc21. The van der Waals surface area contributed by atoms with Gasteiger partial charge in [0.25, 0.3) is 0 Å². The van der Waals surface area contributed by atoms with Crippen molar-refractivity contribution in [1.29, 1.82) is 0 Å². The Labute approximate surface area is 136 Å². The highest BCUT2D eigenvalue weighted by molar-refractivity contribution is 6.31. The zero-order valence-electron chi connectivity index (χ0n) is 13.1. The number of hydrogen-bond acceptors (Lipinski definition) is 2. The number of likely N-dealkylation sites (tertiary alicyclic amines) is 1. The number of allylic oxidation sites excluding steroid dienone is 1. The van der Waals surface area contributed by atoms with Crippen LogP contribution in [-0.2, 0) is 0 Å². The van der Waals surface area contributed by atoms with Gasteiger partial charge in [-0.15, -0.1) is 0 Å². The van der Waals surface area contributed by atoms with Crippen LogP contribution in [0, 0.1) is 0 Å². The van der Waals surface area contributed by atoms with Gasteiger partial charge in [-0.3, -0.25) is 4.79 Å². The van der Waals surface area contributed by atoms with Gasteiger partial charge in [-0.2, -0.15) is 0 Å². The molecule has 1 saturated heterocycles. The molecule has 0 atom stereocenters. The fourth-order valence-corrected chi connectivity index (χ4v) is 3.18. The van der Waals surface area contributed by atoms with Crippen LogP contribution in [0.1, 0.15) is 43.1 Å². The zero-order valence-corrected chi connectivity index (χ0v) is 13.8. The van der Waals surface area contributed by atoms with Crippen molar-refractivity contribution in [3.05, 3.63) is 47.3 Å². The van der Waals surface area contributed by atoms with Crippen LogP contribution in [0.15, 0.2) is 36.7 Å². The zero-order chi connectivity index (χ0) is 15.7. The first-order valence-corrected chi connectivity index (χ1v) is 8.21. The number of rotatable bonds is 4. The second kappa shape index (κ2) is 6.17. The Morgan fingerprint density at radius 2 is 2.00 bits per heavy atom. The fourth-order valence-electron chi connectivity index (χ4n) is 3.00. The summed E-state index contributed by atoms with van der Waals surface area (Å²) in [5.41, 5.74) is 1.78. The van der Waals surface area contributed by atoms with Crippen LogP contribution in [0.4, 0.5) is 0 Å². The number of carbonyl (C=O) groups is 1. The molecule has 0 N–H and O–H groups in total. The summed E-state index contributed by atoms with van der Waals surface area (Å²) in [5.74, 6) is 0.0403. The Bertz CT molecular complexity index is 724. The molecule has 0 amide bonds. The number of nitrogens with zero attached hydrogens (tertiary/aromatic N) is 2. The van der Waals surface area contributed by atoms with Crippen molar-refractivity contribution in [2.75, 3.05) is 13.1 Å². The van der Waals surface area contributed by atoms with Gasteiger partial charge in [-0.05, 0) is 44.9 Å². The topological polar surface area (TPSA) is 25.2 Å². The van der Waals surface area contributed by atoms with E-state index in [1.165, 1.54) is 12.8 Å². The summed E-state index contributed by atoms with van der Waals surface area (Å²) < 4.78 is 2.13. The van der Waals surface area contributed by atoms with Gasteiger partial charge in [0.15, 0.2) is 5.78 Å². The summed E-state index contributed by atoms with van der Waals surface area (Å²) in [6.07, 6.45) is 7.98. The van der Waals surface area contributed by atoms with E-state index >= 15 is 0 Å². The predicted octanol–water partition coefficient (Wildman–Crippen LogP) is 4.67. The number of fused-ring (bicyclic) bond motifs is 1. The van der Waals surface area contributed by atoms with E-state index in [4.69, 9.17) is 11.6 Å². The van der Waals surface area contributed by atoms with Gasteiger partial charge < -0.3 is 9.47 Å². The van der Waals surface area contributed by atoms with Crippen LogP contribution in [0.5, 0.6) is 0 Å². The summed E-state index contributed by atoms with van der Waals surface area (Å²) in [6.45, 7) is 6.32. The van der Waals surface area contributed by atoms with Crippen molar-refractivity contribution in [2.24, 2.45) is 0 Å². The van der Waals surface area contributed by atoms with Crippen molar-refractivity contribution in [1.82, 2.24) is 9.47 Å². The van der Waals surface area contributed by atoms with E-state index in [2.05, 4.69) is 23.3 Å². The van der Waals surface area contributed by atoms with Crippen molar-refractivity contribution in [3.8, 4) is 0 Å². The molecule has 1 aliphatic heterocycles. The lowest BCUT2D eigenvalue weighted by Crippen LogP contribution is -2.11. The van der Waals surface area contributed by atoms with E-state index < -0.39 is 0 Å². The lowest BCUT2D eigenvalue weighted by molar-refractivity contribution is 0.104. The second-order valence-electron chi connectivity index (χ2n) is 6.13. The van der Waals surface area contributed by atoms with Gasteiger partial charge in [-0.1, -0.05) is 11.6 Å². The van der Waals surface area contributed by atoms with E-state index in [0.717, 1.165) is 29.6 Å². The molecule has 0 bridgehead atoms. The molecule has 3 rings (SSSR count). The molecule has 2 heterocycles. The Hall–Kier alpha value is -1.74. The number of benzene rings is 1. The van der Waals surface area contributed by atoms with Gasteiger partial charge in [0, 0.05) is 59.1 Å². The average molecular weight is 317 g/mol. The normalized spacial score (nSPS) is 15.5. The Morgan fingerprint density at radius 3 is 2.68 bits per heavy atom. The van der Waals surface area contributed by atoms with Gasteiger partial charge >= 0.3 is 0 Å². The quantitative estimate of drug-likeness (QED) is 0.605. The molecular weight excluding hydrogens is 296 g/mol. The third kappa shape index (κ3) is 2.91. The summed E-state index contributed by atoms with van der Waals surface area (Å²) in [7, 11) is 0. The van der Waals surface area contributed by atoms with E-state index in [1.54, 1.807) is 6.08 Å². The largest absolute Gasteiger partial charge is 0.377 e. The first kappa shape index (κ1) is 15.2. The third-order valence-corrected chi connectivity index (χ3v) is 4.43. The Kier molecular flexibility index (Phi) is 4.25. The summed E-state index contributed by atoms with van der Waals surface area (Å²) in [4.78, 5) is 14.8. The van der Waals surface area contributed by atoms with E-state index in [0.29, 0.717) is 11.1 Å². The maximum absolute atomic E-state index is 12.6. The molecule has 3 nitrogen and oxygen atoms in total. The molecule has 116 valence electrons. The highest BCUT2D eigenvalue weighted by Crippen LogP contribution is 2.28. The minimum absolute atomic E-state index is 0.0403. The number of ketones is 1. The fraction of sp³-hybridized carbons (Fsp3) is 0.389. The number of hydrogen-bond donors (Lipinski definition) is 0. The lowest BCUT2D eigenvalue weighted by atomic mass is 10.1. The minimum Gasteiger partial charge on any atom is -0.377 e. The molecule has 1 aromatic carbocycles. The van der Waals surface area contributed by atoms with Crippen LogP contribution in [0.25, 0.3) is 10.9 Å². The Balaban J connectivity index is 1.98. The van der Waals surface area contributed by atoms with Crippen LogP contribution in [0.3, 0.4) is 0 Å². The van der Waals surface area contributed by atoms with Gasteiger partial charge in [0.2, 0.25) is 0 Å². The monoisotopic (exact) mass is 316 g/mol. The van der Waals surface area contributed by atoms with Crippen LogP contribution >= 0.6 is 11.6 Å². The van der Waals surface area contributed by atoms with Crippen molar-refractivity contribution < 1.29 is 4.79 Å². The molecule has 0 radical (unpaired) electrons. The molecule has 1 aromatic heterocycles. The molecule has 22 heavy (non-hydrogen) atoms. The maximum Gasteiger partial charge on any atom is 0.189 e. The first-order chi connectivity index (χ1) is 10.6. The molecule has 0 aliphatic carbocycles. The number of halogens is 1. The van der Waals surface area contributed by atoms with E-state index in [9.17, 15) is 4.79 Å². The molecular formula is C18H21ClN2O. The van der Waals surface area contributed by atoms with E-state index in [-0.39, 0.29) is 5.78 Å². The van der Waals surface area contributed by atoms with Crippen LogP contribution in [0.2, 0.25) is 5.02 Å². The lowest BCUT2D eigenvalue weighted by Gasteiger charge is -2.09. The predicted molar refractivity (Wildman–Crippen MR) is 91.6 cm³/mol. The molecule has 1 fully saturated rings. The number of carbonyl (C=O) groups excluding carboxylic acids is 1. The summed E-state index contributed by atoms with van der Waals surface area (Å²) in [6, 6.07) is 6.04. The van der Waals surface area contributed by atoms with Crippen molar-refractivity contribution in [2.45, 2.75) is 32.7 Å². The summed E-state index contributed by atoms with van der Waals surface area (Å²) in [5, 5.41) is 1.59. The third-order valence-electron chi connectivity index (χ3n) is 4.19. The minimum atomic E-state index is 0.0403. The van der Waals surface area contributed by atoms with Crippen LogP contribution < -0.4 is 0 Å². The van der Waals surface area contributed by atoms with E-state index in [1.807, 2.05) is 30.6 Å². The summed E-state index contributed by atoms with van der Waals surface area (Å²) >= 11 is 6.12. The molecule has 2 aromatic rings. The standard InChI is InChI=1S/C18H21ClN2O/c1-13(2)21-12-16(15-11-14(19)5-6-17(15)21)18(22)7-10-20-8-3-4-9-20/h5-7,10-13H,3-4,8-9H2,1-2H3/b10-7+. The molecule has 0 unspecified atom stereocenters. The van der Waals surface area contributed by atoms with Gasteiger partial charge in [0.1, 0.15) is 0 Å². The molecule has 0 saturated carbocycles. The highest BCUT2D eigenvalue weighted by Gasteiger charge is 2.16. The van der Waals surface area contributed by atoms with Crippen LogP contribution in [-0.4, -0.2) is 28.3 Å². The maximum atomic E-state index is 12.6. The smallest absolute Gasteiger partial charge is 0.189 e. The second-order valence-corrected chi connectivity index (χ2v) is 6.56. The molecule has 1 aliphatic rings. The van der Waals surface area contributed by atoms with Crippen molar-refractivity contribution in [3.63, 3.8) is 0 Å². The van der Waals surface area contributed by atoms with Crippen molar-refractivity contribution >= 4 is 28.3 Å². The average Bonchev–Trinajstić information content (AvgIpc) is 3.11. The Morgan fingerprint density at radius 1 is 1.27 bits per heavy atom.